The third-order valence-corrected chi connectivity index (χ3v) is 1.30. The van der Waals surface area contributed by atoms with Crippen LogP contribution in [-0.2, 0) is 4.79 Å². The molecule has 0 aliphatic heterocycles. The van der Waals surface area contributed by atoms with Gasteiger partial charge in [-0.05, 0) is 6.42 Å². The van der Waals surface area contributed by atoms with Crippen molar-refractivity contribution in [1.29, 1.82) is 0 Å². The maximum Gasteiger partial charge on any atom is 0.223 e. The molecule has 0 atom stereocenters. The fraction of sp³-hybridized carbons (Fsp3) is 0.625. The van der Waals surface area contributed by atoms with Crippen LogP contribution in [0.3, 0.4) is 0 Å². The number of aliphatic hydroxyl groups is 1. The van der Waals surface area contributed by atoms with E-state index in [0.29, 0.717) is 19.4 Å². The number of carbonyl (C=O) groups excluding carboxylic acids is 1. The highest BCUT2D eigenvalue weighted by Crippen LogP contribution is 1.93. The third-order valence-electron chi connectivity index (χ3n) is 1.30. The van der Waals surface area contributed by atoms with Crippen molar-refractivity contribution >= 4 is 5.91 Å². The Kier molecular flexibility index (Phi) is 5.22. The standard InChI is InChI=1S/C8H13NO2/c1-3-6-9(2)8(11)5-4-7-10/h1,10H,4-7H2,2H3. The van der Waals surface area contributed by atoms with Gasteiger partial charge in [0.15, 0.2) is 0 Å². The fourth-order valence-corrected chi connectivity index (χ4v) is 0.646. The zero-order valence-electron chi connectivity index (χ0n) is 6.71. The summed E-state index contributed by atoms with van der Waals surface area (Å²) in [6, 6.07) is 0. The number of hydrogen-bond acceptors (Lipinski definition) is 2. The number of terminal acetylenes is 1. The van der Waals surface area contributed by atoms with Crippen LogP contribution in [0.25, 0.3) is 0 Å². The van der Waals surface area contributed by atoms with Crippen LogP contribution in [0.5, 0.6) is 0 Å². The summed E-state index contributed by atoms with van der Waals surface area (Å²) in [7, 11) is 1.65. The van der Waals surface area contributed by atoms with E-state index in [2.05, 4.69) is 5.92 Å². The summed E-state index contributed by atoms with van der Waals surface area (Å²) in [6.45, 7) is 0.389. The molecule has 0 rings (SSSR count). The average Bonchev–Trinajstić information content (AvgIpc) is 2.00. The lowest BCUT2D eigenvalue weighted by Gasteiger charge is -2.12. The number of aliphatic hydroxyl groups excluding tert-OH is 1. The minimum Gasteiger partial charge on any atom is -0.396 e. The van der Waals surface area contributed by atoms with Crippen LogP contribution in [0.4, 0.5) is 0 Å². The molecule has 3 heteroatoms. The highest BCUT2D eigenvalue weighted by Gasteiger charge is 2.04. The summed E-state index contributed by atoms with van der Waals surface area (Å²) in [5, 5.41) is 8.42. The van der Waals surface area contributed by atoms with Crippen molar-refractivity contribution in [1.82, 2.24) is 4.90 Å². The van der Waals surface area contributed by atoms with Gasteiger partial charge in [-0.15, -0.1) is 6.42 Å². The Bertz CT molecular complexity index is 160. The van der Waals surface area contributed by atoms with E-state index in [1.165, 1.54) is 4.90 Å². The first-order valence-corrected chi connectivity index (χ1v) is 3.50. The Labute approximate surface area is 67.0 Å². The summed E-state index contributed by atoms with van der Waals surface area (Å²) in [4.78, 5) is 12.5. The monoisotopic (exact) mass is 155 g/mol. The maximum absolute atomic E-state index is 11.0. The van der Waals surface area contributed by atoms with Crippen LogP contribution in [0.1, 0.15) is 12.8 Å². The Morgan fingerprint density at radius 1 is 1.73 bits per heavy atom. The normalized spacial score (nSPS) is 8.82. The van der Waals surface area contributed by atoms with Gasteiger partial charge in [0.25, 0.3) is 0 Å². The third kappa shape index (κ3) is 4.40. The number of amides is 1. The van der Waals surface area contributed by atoms with Crippen molar-refractivity contribution in [3.63, 3.8) is 0 Å². The van der Waals surface area contributed by atoms with Gasteiger partial charge < -0.3 is 10.0 Å². The summed E-state index contributed by atoms with van der Waals surface area (Å²) in [6.07, 6.45) is 5.88. The molecule has 1 N–H and O–H groups in total. The first kappa shape index (κ1) is 9.99. The first-order valence-electron chi connectivity index (χ1n) is 3.50. The molecule has 0 bridgehead atoms. The molecule has 0 saturated heterocycles. The molecule has 0 aromatic heterocycles. The van der Waals surface area contributed by atoms with E-state index in [1.807, 2.05) is 0 Å². The van der Waals surface area contributed by atoms with Gasteiger partial charge in [0.1, 0.15) is 0 Å². The molecule has 0 radical (unpaired) electrons. The Morgan fingerprint density at radius 3 is 2.82 bits per heavy atom. The second-order valence-electron chi connectivity index (χ2n) is 2.28. The molecule has 0 saturated carbocycles. The van der Waals surface area contributed by atoms with E-state index in [-0.39, 0.29) is 12.5 Å². The molecule has 11 heavy (non-hydrogen) atoms. The molecule has 0 spiro atoms. The quantitative estimate of drug-likeness (QED) is 0.573. The highest BCUT2D eigenvalue weighted by molar-refractivity contribution is 5.76. The van der Waals surface area contributed by atoms with Crippen molar-refractivity contribution in [2.75, 3.05) is 20.2 Å². The van der Waals surface area contributed by atoms with Gasteiger partial charge in [-0.25, -0.2) is 0 Å². The molecule has 1 amide bonds. The highest BCUT2D eigenvalue weighted by atomic mass is 16.3. The molecule has 0 aromatic rings. The van der Waals surface area contributed by atoms with Gasteiger partial charge >= 0.3 is 0 Å². The van der Waals surface area contributed by atoms with Crippen molar-refractivity contribution in [2.45, 2.75) is 12.8 Å². The van der Waals surface area contributed by atoms with Crippen molar-refractivity contribution in [2.24, 2.45) is 0 Å². The van der Waals surface area contributed by atoms with E-state index >= 15 is 0 Å². The number of hydrogen-bond donors (Lipinski definition) is 1. The summed E-state index contributed by atoms with van der Waals surface area (Å²) in [5.74, 6) is 2.35. The molecule has 0 fully saturated rings. The predicted molar refractivity (Wildman–Crippen MR) is 42.8 cm³/mol. The van der Waals surface area contributed by atoms with Crippen LogP contribution < -0.4 is 0 Å². The molecule has 0 heterocycles. The van der Waals surface area contributed by atoms with E-state index in [1.54, 1.807) is 7.05 Å². The topological polar surface area (TPSA) is 40.5 Å². The molecule has 0 aromatic carbocycles. The molecule has 0 unspecified atom stereocenters. The smallest absolute Gasteiger partial charge is 0.223 e. The zero-order valence-corrected chi connectivity index (χ0v) is 6.71. The van der Waals surface area contributed by atoms with Crippen molar-refractivity contribution < 1.29 is 9.90 Å². The van der Waals surface area contributed by atoms with E-state index in [0.717, 1.165) is 0 Å². The van der Waals surface area contributed by atoms with Crippen molar-refractivity contribution in [3.05, 3.63) is 0 Å². The molecule has 3 nitrogen and oxygen atoms in total. The molecule has 0 aliphatic rings. The van der Waals surface area contributed by atoms with Gasteiger partial charge in [0, 0.05) is 20.1 Å². The molecular weight excluding hydrogens is 142 g/mol. The van der Waals surface area contributed by atoms with Crippen molar-refractivity contribution in [3.8, 4) is 12.3 Å². The maximum atomic E-state index is 11.0. The number of nitrogens with zero attached hydrogens (tertiary/aromatic N) is 1. The van der Waals surface area contributed by atoms with Crippen LogP contribution in [-0.4, -0.2) is 36.1 Å². The van der Waals surface area contributed by atoms with Crippen LogP contribution in [0, 0.1) is 12.3 Å². The Hall–Kier alpha value is -1.01. The first-order chi connectivity index (χ1) is 5.22. The fourth-order valence-electron chi connectivity index (χ4n) is 0.646. The zero-order chi connectivity index (χ0) is 8.69. The summed E-state index contributed by atoms with van der Waals surface area (Å²) < 4.78 is 0. The van der Waals surface area contributed by atoms with Crippen LogP contribution in [0.2, 0.25) is 0 Å². The largest absolute Gasteiger partial charge is 0.396 e. The van der Waals surface area contributed by atoms with Crippen LogP contribution in [0.15, 0.2) is 0 Å². The second kappa shape index (κ2) is 5.75. The SMILES string of the molecule is C#CCN(C)C(=O)CCCO. The van der Waals surface area contributed by atoms with E-state index in [4.69, 9.17) is 11.5 Å². The molecule has 62 valence electrons. The van der Waals surface area contributed by atoms with E-state index in [9.17, 15) is 4.79 Å². The number of carbonyl (C=O) groups is 1. The Balaban J connectivity index is 3.57. The predicted octanol–water partition coefficient (Wildman–Crippen LogP) is -0.150. The Morgan fingerprint density at radius 2 is 2.36 bits per heavy atom. The second-order valence-corrected chi connectivity index (χ2v) is 2.28. The van der Waals surface area contributed by atoms with Gasteiger partial charge in [-0.2, -0.15) is 0 Å². The van der Waals surface area contributed by atoms with Gasteiger partial charge in [0.05, 0.1) is 6.54 Å². The lowest BCUT2D eigenvalue weighted by molar-refractivity contribution is -0.129. The molecule has 0 aliphatic carbocycles. The van der Waals surface area contributed by atoms with Gasteiger partial charge in [-0.1, -0.05) is 5.92 Å². The summed E-state index contributed by atoms with van der Waals surface area (Å²) in [5.41, 5.74) is 0. The molecular formula is C8H13NO2. The van der Waals surface area contributed by atoms with Gasteiger partial charge in [0.2, 0.25) is 5.91 Å². The minimum absolute atomic E-state index is 0.0167. The van der Waals surface area contributed by atoms with Gasteiger partial charge in [-0.3, -0.25) is 4.79 Å². The number of rotatable bonds is 4. The lowest BCUT2D eigenvalue weighted by Crippen LogP contribution is -2.26. The average molecular weight is 155 g/mol. The van der Waals surface area contributed by atoms with E-state index < -0.39 is 0 Å². The summed E-state index contributed by atoms with van der Waals surface area (Å²) >= 11 is 0. The van der Waals surface area contributed by atoms with Crippen LogP contribution >= 0.6 is 0 Å². The minimum atomic E-state index is -0.0167. The lowest BCUT2D eigenvalue weighted by atomic mass is 10.3.